The van der Waals surface area contributed by atoms with Crippen molar-refractivity contribution in [1.29, 1.82) is 0 Å². The lowest BCUT2D eigenvalue weighted by atomic mass is 9.90. The highest BCUT2D eigenvalue weighted by Crippen LogP contribution is 2.37. The maximum Gasteiger partial charge on any atom is 0.499 e. The maximum absolute atomic E-state index is 12.9. The Labute approximate surface area is 135 Å². The van der Waals surface area contributed by atoms with Gasteiger partial charge in [-0.15, -0.1) is 0 Å². The standard InChI is InChI=1S/C15H18F5O2Si/c1-3-13(4-2,22-23)9-8-11-6-5-7-12(10-11)21-15(19,20)14(16,17)18/h5-7,10H,3-4,8-9H2,1-2H3. The van der Waals surface area contributed by atoms with E-state index >= 15 is 0 Å². The molecule has 0 fully saturated rings. The second-order valence-corrected chi connectivity index (χ2v) is 5.46. The lowest BCUT2D eigenvalue weighted by Gasteiger charge is -2.30. The predicted octanol–water partition coefficient (Wildman–Crippen LogP) is 4.81. The number of hydrogen-bond acceptors (Lipinski definition) is 2. The van der Waals surface area contributed by atoms with Crippen LogP contribution in [0.2, 0.25) is 0 Å². The summed E-state index contributed by atoms with van der Waals surface area (Å²) in [6, 6.07) is 5.27. The van der Waals surface area contributed by atoms with E-state index in [1.807, 2.05) is 13.8 Å². The molecule has 8 heteroatoms. The Kier molecular flexibility index (Phi) is 6.58. The van der Waals surface area contributed by atoms with Gasteiger partial charge in [0.25, 0.3) is 0 Å². The molecular formula is C15H18F5O2Si. The third-order valence-corrected chi connectivity index (χ3v) is 4.28. The number of ether oxygens (including phenoxy) is 1. The molecule has 0 heterocycles. The van der Waals surface area contributed by atoms with Crippen LogP contribution in [-0.2, 0) is 10.8 Å². The lowest BCUT2D eigenvalue weighted by Crippen LogP contribution is -2.41. The van der Waals surface area contributed by atoms with Gasteiger partial charge in [0.05, 0.1) is 5.60 Å². The van der Waals surface area contributed by atoms with Crippen molar-refractivity contribution >= 4 is 10.5 Å². The molecule has 3 radical (unpaired) electrons. The van der Waals surface area contributed by atoms with Gasteiger partial charge in [-0.2, -0.15) is 22.0 Å². The minimum absolute atomic E-state index is 0.413. The van der Waals surface area contributed by atoms with Gasteiger partial charge in [-0.1, -0.05) is 26.0 Å². The maximum atomic E-state index is 12.9. The highest BCUT2D eigenvalue weighted by Gasteiger charge is 2.61. The highest BCUT2D eigenvalue weighted by atomic mass is 28.2. The summed E-state index contributed by atoms with van der Waals surface area (Å²) in [7, 11) is 3.05. The Morgan fingerprint density at radius 1 is 1.04 bits per heavy atom. The van der Waals surface area contributed by atoms with Gasteiger partial charge in [0.15, 0.2) is 0 Å². The summed E-state index contributed by atoms with van der Waals surface area (Å²) in [5.41, 5.74) is 0.180. The fraction of sp³-hybridized carbons (Fsp3) is 0.600. The van der Waals surface area contributed by atoms with Crippen LogP contribution in [0, 0.1) is 0 Å². The molecule has 0 aliphatic carbocycles. The lowest BCUT2D eigenvalue weighted by molar-refractivity contribution is -0.360. The molecule has 129 valence electrons. The van der Waals surface area contributed by atoms with Crippen molar-refractivity contribution in [1.82, 2.24) is 0 Å². The minimum atomic E-state index is -5.76. The van der Waals surface area contributed by atoms with Crippen molar-refractivity contribution < 1.29 is 31.1 Å². The zero-order valence-corrected chi connectivity index (χ0v) is 13.8. The molecule has 0 bridgehead atoms. The Bertz CT molecular complexity index is 493. The van der Waals surface area contributed by atoms with Crippen LogP contribution in [-0.4, -0.2) is 28.4 Å². The number of alkyl halides is 5. The van der Waals surface area contributed by atoms with Crippen LogP contribution in [0.4, 0.5) is 22.0 Å². The summed E-state index contributed by atoms with van der Waals surface area (Å²) in [6.45, 7) is 3.90. The molecule has 0 aromatic heterocycles. The van der Waals surface area contributed by atoms with Gasteiger partial charge < -0.3 is 9.16 Å². The number of aryl methyl sites for hydroxylation is 1. The molecule has 0 aliphatic rings. The van der Waals surface area contributed by atoms with Gasteiger partial charge in [-0.05, 0) is 43.4 Å². The third-order valence-electron chi connectivity index (χ3n) is 3.85. The van der Waals surface area contributed by atoms with Crippen LogP contribution in [0.3, 0.4) is 0 Å². The molecular weight excluding hydrogens is 335 g/mol. The van der Waals surface area contributed by atoms with E-state index in [0.717, 1.165) is 18.9 Å². The number of benzene rings is 1. The second-order valence-electron chi connectivity index (χ2n) is 5.26. The van der Waals surface area contributed by atoms with E-state index in [4.69, 9.17) is 4.43 Å². The van der Waals surface area contributed by atoms with Crippen LogP contribution >= 0.6 is 0 Å². The predicted molar refractivity (Wildman–Crippen MR) is 76.5 cm³/mol. The molecule has 0 N–H and O–H groups in total. The molecule has 0 amide bonds. The fourth-order valence-corrected chi connectivity index (χ4v) is 2.53. The molecule has 0 atom stereocenters. The molecule has 1 aromatic carbocycles. The zero-order chi connectivity index (χ0) is 17.7. The van der Waals surface area contributed by atoms with E-state index in [0.29, 0.717) is 18.4 Å². The van der Waals surface area contributed by atoms with E-state index < -0.39 is 23.6 Å². The van der Waals surface area contributed by atoms with Gasteiger partial charge in [-0.3, -0.25) is 0 Å². The van der Waals surface area contributed by atoms with E-state index in [2.05, 4.69) is 15.2 Å². The van der Waals surface area contributed by atoms with Gasteiger partial charge in [0, 0.05) is 0 Å². The smallest absolute Gasteiger partial charge is 0.426 e. The first-order valence-corrected chi connectivity index (χ1v) is 7.57. The Morgan fingerprint density at radius 2 is 1.65 bits per heavy atom. The van der Waals surface area contributed by atoms with E-state index in [9.17, 15) is 22.0 Å². The Balaban J connectivity index is 2.82. The summed E-state index contributed by atoms with van der Waals surface area (Å²) < 4.78 is 71.5. The van der Waals surface area contributed by atoms with Gasteiger partial charge >= 0.3 is 12.3 Å². The van der Waals surface area contributed by atoms with Crippen LogP contribution in [0.1, 0.15) is 38.7 Å². The van der Waals surface area contributed by atoms with Crippen LogP contribution in [0.5, 0.6) is 5.75 Å². The first-order valence-electron chi connectivity index (χ1n) is 7.16. The quantitative estimate of drug-likeness (QED) is 0.493. The van der Waals surface area contributed by atoms with Crippen LogP contribution in [0.15, 0.2) is 24.3 Å². The highest BCUT2D eigenvalue weighted by molar-refractivity contribution is 5.98. The van der Waals surface area contributed by atoms with Crippen molar-refractivity contribution in [2.45, 2.75) is 57.4 Å². The Hall–Kier alpha value is -1.15. The topological polar surface area (TPSA) is 18.5 Å². The van der Waals surface area contributed by atoms with Crippen molar-refractivity contribution in [2.75, 3.05) is 0 Å². The molecule has 0 saturated carbocycles. The molecule has 0 aliphatic heterocycles. The first-order chi connectivity index (χ1) is 10.6. The van der Waals surface area contributed by atoms with Crippen molar-refractivity contribution in [3.8, 4) is 5.75 Å². The molecule has 0 spiro atoms. The number of rotatable bonds is 8. The van der Waals surface area contributed by atoms with E-state index in [1.54, 1.807) is 6.07 Å². The summed E-state index contributed by atoms with van der Waals surface area (Å²) in [6.07, 6.45) is -8.47. The van der Waals surface area contributed by atoms with Crippen molar-refractivity contribution in [3.05, 3.63) is 29.8 Å². The summed E-state index contributed by atoms with van der Waals surface area (Å²) in [5.74, 6) is -0.525. The third kappa shape index (κ3) is 5.17. The fourth-order valence-electron chi connectivity index (χ4n) is 2.14. The molecule has 1 aromatic rings. The summed E-state index contributed by atoms with van der Waals surface area (Å²) >= 11 is 0. The van der Waals surface area contributed by atoms with E-state index in [1.165, 1.54) is 12.1 Å². The first kappa shape index (κ1) is 19.9. The van der Waals surface area contributed by atoms with Gasteiger partial charge in [-0.25, -0.2) is 0 Å². The van der Waals surface area contributed by atoms with Gasteiger partial charge in [0.2, 0.25) is 10.5 Å². The molecule has 2 nitrogen and oxygen atoms in total. The number of hydrogen-bond donors (Lipinski definition) is 0. The zero-order valence-electron chi connectivity index (χ0n) is 12.8. The average molecular weight is 353 g/mol. The van der Waals surface area contributed by atoms with Crippen LogP contribution in [0.25, 0.3) is 0 Å². The van der Waals surface area contributed by atoms with Crippen molar-refractivity contribution in [3.63, 3.8) is 0 Å². The van der Waals surface area contributed by atoms with Gasteiger partial charge in [0.1, 0.15) is 5.75 Å². The summed E-state index contributed by atoms with van der Waals surface area (Å²) in [4.78, 5) is 0. The minimum Gasteiger partial charge on any atom is -0.426 e. The summed E-state index contributed by atoms with van der Waals surface area (Å²) in [5, 5.41) is 0. The molecule has 23 heavy (non-hydrogen) atoms. The molecule has 0 saturated heterocycles. The van der Waals surface area contributed by atoms with E-state index in [-0.39, 0.29) is 0 Å². The average Bonchev–Trinajstić information content (AvgIpc) is 2.48. The van der Waals surface area contributed by atoms with Crippen molar-refractivity contribution in [2.24, 2.45) is 0 Å². The molecule has 0 unspecified atom stereocenters. The SMILES string of the molecule is CCC(CC)(CCc1cccc(OC(F)(F)C(F)(F)F)c1)O[Si]. The Morgan fingerprint density at radius 3 is 2.13 bits per heavy atom. The monoisotopic (exact) mass is 353 g/mol. The molecule has 1 rings (SSSR count). The largest absolute Gasteiger partial charge is 0.499 e. The second kappa shape index (κ2) is 7.61. The number of halogens is 5. The normalized spacial score (nSPS) is 13.2. The van der Waals surface area contributed by atoms with Crippen LogP contribution < -0.4 is 4.74 Å².